The molecule has 4 atom stereocenters. The first kappa shape index (κ1) is 18.8. The Hall–Kier alpha value is -0.990. The van der Waals surface area contributed by atoms with Crippen LogP contribution in [0.25, 0.3) is 0 Å². The number of ether oxygens (including phenoxy) is 4. The van der Waals surface area contributed by atoms with Crippen LogP contribution >= 0.6 is 31.9 Å². The molecule has 0 aromatic heterocycles. The maximum Gasteiger partial charge on any atom is 0.338 e. The molecule has 7 heteroatoms. The Labute approximate surface area is 163 Å². The molecule has 2 aliphatic rings. The van der Waals surface area contributed by atoms with Gasteiger partial charge in [-0.05, 0) is 63.9 Å². The van der Waals surface area contributed by atoms with E-state index in [-0.39, 0.29) is 0 Å². The quantitative estimate of drug-likeness (QED) is 0.482. The number of fused-ring (bicyclic) bond motifs is 1. The lowest BCUT2D eigenvalue weighted by Gasteiger charge is -2.24. The van der Waals surface area contributed by atoms with Crippen LogP contribution in [-0.4, -0.2) is 36.4 Å². The lowest BCUT2D eigenvalue weighted by molar-refractivity contribution is -0.209. The minimum absolute atomic E-state index is 0.418. The average Bonchev–Trinajstić information content (AvgIpc) is 3.01. The molecular weight excluding hydrogens is 456 g/mol. The highest BCUT2D eigenvalue weighted by atomic mass is 79.9. The van der Waals surface area contributed by atoms with E-state index in [0.717, 1.165) is 3.39 Å². The number of carbonyl (C=O) groups excluding carboxylic acids is 1. The van der Waals surface area contributed by atoms with Crippen molar-refractivity contribution < 1.29 is 23.7 Å². The van der Waals surface area contributed by atoms with E-state index in [1.165, 1.54) is 0 Å². The van der Waals surface area contributed by atoms with Gasteiger partial charge < -0.3 is 18.9 Å². The van der Waals surface area contributed by atoms with Gasteiger partial charge in [-0.15, -0.1) is 0 Å². The monoisotopic (exact) mass is 472 g/mol. The highest BCUT2D eigenvalue weighted by molar-refractivity contribution is 9.28. The summed E-state index contributed by atoms with van der Waals surface area (Å²) in [5.74, 6) is -1.20. The predicted molar refractivity (Wildman–Crippen MR) is 99.4 cm³/mol. The molecule has 2 aliphatic heterocycles. The molecule has 1 aromatic carbocycles. The Morgan fingerprint density at radius 3 is 2.60 bits per heavy atom. The molecule has 2 heterocycles. The van der Waals surface area contributed by atoms with E-state index >= 15 is 0 Å². The van der Waals surface area contributed by atoms with Gasteiger partial charge in [0.15, 0.2) is 24.3 Å². The van der Waals surface area contributed by atoms with Crippen LogP contribution in [0.1, 0.15) is 24.2 Å². The van der Waals surface area contributed by atoms with Gasteiger partial charge in [0.25, 0.3) is 0 Å². The van der Waals surface area contributed by atoms with Gasteiger partial charge in [-0.3, -0.25) is 0 Å². The molecule has 0 bridgehead atoms. The van der Waals surface area contributed by atoms with Crippen molar-refractivity contribution in [3.05, 3.63) is 57.5 Å². The minimum atomic E-state index is -0.778. The van der Waals surface area contributed by atoms with E-state index < -0.39 is 36.4 Å². The molecule has 0 saturated carbocycles. The van der Waals surface area contributed by atoms with E-state index in [1.54, 1.807) is 50.3 Å². The molecule has 0 amide bonds. The summed E-state index contributed by atoms with van der Waals surface area (Å²) in [6.45, 7) is 3.61. The number of hydrogen-bond donors (Lipinski definition) is 0. The highest BCUT2D eigenvalue weighted by Crippen LogP contribution is 2.39. The third-order valence-corrected chi connectivity index (χ3v) is 4.33. The zero-order valence-electron chi connectivity index (χ0n) is 13.7. The molecule has 134 valence electrons. The number of hydrogen-bond acceptors (Lipinski definition) is 5. The van der Waals surface area contributed by atoms with E-state index in [0.29, 0.717) is 5.56 Å². The van der Waals surface area contributed by atoms with Crippen molar-refractivity contribution in [2.75, 3.05) is 0 Å². The van der Waals surface area contributed by atoms with Gasteiger partial charge in [-0.2, -0.15) is 0 Å². The number of esters is 1. The van der Waals surface area contributed by atoms with E-state index in [4.69, 9.17) is 18.9 Å². The van der Waals surface area contributed by atoms with Gasteiger partial charge in [0, 0.05) is 0 Å². The minimum Gasteiger partial charge on any atom is -0.453 e. The second kappa shape index (κ2) is 7.72. The summed E-state index contributed by atoms with van der Waals surface area (Å²) in [6, 6.07) is 8.84. The first-order chi connectivity index (χ1) is 11.9. The van der Waals surface area contributed by atoms with Crippen molar-refractivity contribution in [3.8, 4) is 0 Å². The first-order valence-corrected chi connectivity index (χ1v) is 9.41. The normalized spacial score (nSPS) is 30.2. The predicted octanol–water partition coefficient (Wildman–Crippen LogP) is 4.28. The maximum absolute atomic E-state index is 12.5. The summed E-state index contributed by atoms with van der Waals surface area (Å²) < 4.78 is 24.0. The lowest BCUT2D eigenvalue weighted by atomic mass is 10.1. The van der Waals surface area contributed by atoms with Crippen molar-refractivity contribution in [2.45, 2.75) is 44.2 Å². The summed E-state index contributed by atoms with van der Waals surface area (Å²) >= 11 is 6.57. The number of rotatable bonds is 4. The Morgan fingerprint density at radius 2 is 1.92 bits per heavy atom. The molecular formula is C18H18Br2O5. The van der Waals surface area contributed by atoms with Gasteiger partial charge >= 0.3 is 5.97 Å². The van der Waals surface area contributed by atoms with Crippen LogP contribution in [0.3, 0.4) is 0 Å². The second-order valence-electron chi connectivity index (χ2n) is 6.15. The zero-order chi connectivity index (χ0) is 18.0. The number of carbonyl (C=O) groups is 1. The summed E-state index contributed by atoms with van der Waals surface area (Å²) in [5.41, 5.74) is 0.481. The van der Waals surface area contributed by atoms with Crippen LogP contribution < -0.4 is 0 Å². The molecule has 0 aliphatic carbocycles. The van der Waals surface area contributed by atoms with Crippen molar-refractivity contribution in [1.82, 2.24) is 0 Å². The molecule has 0 spiro atoms. The molecule has 0 unspecified atom stereocenters. The fraction of sp³-hybridized carbons (Fsp3) is 0.389. The van der Waals surface area contributed by atoms with Crippen molar-refractivity contribution in [3.63, 3.8) is 0 Å². The van der Waals surface area contributed by atoms with E-state index in [1.807, 2.05) is 12.1 Å². The summed E-state index contributed by atoms with van der Waals surface area (Å²) in [5, 5.41) is 0. The third-order valence-electron chi connectivity index (χ3n) is 3.80. The summed E-state index contributed by atoms with van der Waals surface area (Å²) in [4.78, 5) is 12.5. The van der Waals surface area contributed by atoms with Crippen LogP contribution in [0.5, 0.6) is 0 Å². The number of allylic oxidation sites excluding steroid dienone is 2. The van der Waals surface area contributed by atoms with E-state index in [2.05, 4.69) is 31.9 Å². The first-order valence-electron chi connectivity index (χ1n) is 7.82. The van der Waals surface area contributed by atoms with Gasteiger partial charge in [-0.1, -0.05) is 30.4 Å². The fourth-order valence-electron chi connectivity index (χ4n) is 2.80. The molecule has 1 aromatic rings. The van der Waals surface area contributed by atoms with Crippen LogP contribution in [0.4, 0.5) is 0 Å². The maximum atomic E-state index is 12.5. The smallest absolute Gasteiger partial charge is 0.338 e. The average molecular weight is 474 g/mol. The molecule has 2 saturated heterocycles. The summed E-state index contributed by atoms with van der Waals surface area (Å²) in [6.07, 6.45) is 3.30. The Kier molecular flexibility index (Phi) is 5.80. The second-order valence-corrected chi connectivity index (χ2v) is 8.92. The summed E-state index contributed by atoms with van der Waals surface area (Å²) in [7, 11) is 0. The van der Waals surface area contributed by atoms with Gasteiger partial charge in [0.1, 0.15) is 6.10 Å². The molecule has 2 fully saturated rings. The Morgan fingerprint density at radius 1 is 1.20 bits per heavy atom. The lowest BCUT2D eigenvalue weighted by Crippen LogP contribution is -2.37. The van der Waals surface area contributed by atoms with Gasteiger partial charge in [0.2, 0.25) is 0 Å². The zero-order valence-corrected chi connectivity index (χ0v) is 16.9. The van der Waals surface area contributed by atoms with Gasteiger partial charge in [0.05, 0.1) is 8.96 Å². The molecule has 0 N–H and O–H groups in total. The SMILES string of the molecule is CC1(C)O[C@H]2O[C@H](/C=C/C=C(Br)Br)[C@@H](OC(=O)c3ccccc3)[C@H]2O1. The largest absolute Gasteiger partial charge is 0.453 e. The highest BCUT2D eigenvalue weighted by Gasteiger charge is 2.55. The van der Waals surface area contributed by atoms with Crippen LogP contribution in [0, 0.1) is 0 Å². The molecule has 0 radical (unpaired) electrons. The number of benzene rings is 1. The van der Waals surface area contributed by atoms with Crippen molar-refractivity contribution in [1.29, 1.82) is 0 Å². The number of halogens is 2. The fourth-order valence-corrected chi connectivity index (χ4v) is 3.10. The van der Waals surface area contributed by atoms with E-state index in [9.17, 15) is 4.79 Å². The van der Waals surface area contributed by atoms with Crippen LogP contribution in [0.15, 0.2) is 52.0 Å². The van der Waals surface area contributed by atoms with Crippen molar-refractivity contribution >= 4 is 37.8 Å². The standard InChI is InChI=1S/C18H18Br2O5/c1-18(2)24-15-14(23-16(21)11-7-4-3-5-8-11)12(22-17(15)25-18)9-6-10-13(19)20/h3-10,12,14-15,17H,1-2H3/b9-6+/t12-,14-,15-,17-/m1/s1. The molecule has 3 rings (SSSR count). The molecule has 25 heavy (non-hydrogen) atoms. The Balaban J connectivity index is 1.78. The van der Waals surface area contributed by atoms with Crippen LogP contribution in [0.2, 0.25) is 0 Å². The topological polar surface area (TPSA) is 54.0 Å². The van der Waals surface area contributed by atoms with Crippen LogP contribution in [-0.2, 0) is 18.9 Å². The third kappa shape index (κ3) is 4.60. The van der Waals surface area contributed by atoms with Crippen molar-refractivity contribution in [2.24, 2.45) is 0 Å². The molecule has 5 nitrogen and oxygen atoms in total. The Bertz CT molecular complexity index is 682. The van der Waals surface area contributed by atoms with Gasteiger partial charge in [-0.25, -0.2) is 4.79 Å².